The van der Waals surface area contributed by atoms with Gasteiger partial charge in [0, 0.05) is 33.4 Å². The van der Waals surface area contributed by atoms with Crippen LogP contribution in [0, 0.1) is 13.8 Å². The van der Waals surface area contributed by atoms with E-state index in [1.807, 2.05) is 52.1 Å². The number of hydrogen-bond donors (Lipinski definition) is 3. The van der Waals surface area contributed by atoms with Gasteiger partial charge in [-0.15, -0.1) is 11.3 Å². The maximum absolute atomic E-state index is 12.3. The van der Waals surface area contributed by atoms with Crippen molar-refractivity contribution in [2.45, 2.75) is 33.2 Å². The number of aryl methyl sites for hydroxylation is 2. The Labute approximate surface area is 139 Å². The largest absolute Gasteiger partial charge is 0.359 e. The first kappa shape index (κ1) is 15.6. The van der Waals surface area contributed by atoms with E-state index in [-0.39, 0.29) is 6.03 Å². The standard InChI is InChI=1S/C17H20N4OS/c1-10-7-12-8-13(5-6-14(12)19-10)20-16(22)21-17(3,4)15-18-9-11(2)23-15/h5-9,19H,1-4H3,(H2,20,21,22). The number of aromatic nitrogens is 2. The van der Waals surface area contributed by atoms with Gasteiger partial charge in [0.2, 0.25) is 0 Å². The van der Waals surface area contributed by atoms with Gasteiger partial charge in [0.1, 0.15) is 5.01 Å². The number of thiazole rings is 1. The maximum atomic E-state index is 12.3. The summed E-state index contributed by atoms with van der Waals surface area (Å²) in [6.45, 7) is 7.91. The quantitative estimate of drug-likeness (QED) is 0.671. The van der Waals surface area contributed by atoms with Crippen LogP contribution in [0.25, 0.3) is 10.9 Å². The number of amides is 2. The number of carbonyl (C=O) groups excluding carboxylic acids is 1. The molecule has 120 valence electrons. The number of hydrogen-bond acceptors (Lipinski definition) is 3. The lowest BCUT2D eigenvalue weighted by atomic mass is 10.1. The lowest BCUT2D eigenvalue weighted by molar-refractivity contribution is 0.242. The highest BCUT2D eigenvalue weighted by atomic mass is 32.1. The van der Waals surface area contributed by atoms with E-state index in [1.54, 1.807) is 11.3 Å². The number of carbonyl (C=O) groups is 1. The Morgan fingerprint density at radius 1 is 1.26 bits per heavy atom. The van der Waals surface area contributed by atoms with Gasteiger partial charge < -0.3 is 15.6 Å². The SMILES string of the molecule is Cc1cc2cc(NC(=O)NC(C)(C)c3ncc(C)s3)ccc2[nH]1. The Balaban J connectivity index is 1.72. The molecule has 0 saturated carbocycles. The van der Waals surface area contributed by atoms with E-state index in [4.69, 9.17) is 0 Å². The highest BCUT2D eigenvalue weighted by Crippen LogP contribution is 2.25. The van der Waals surface area contributed by atoms with Gasteiger partial charge in [-0.1, -0.05) is 0 Å². The Kier molecular flexibility index (Phi) is 3.85. The van der Waals surface area contributed by atoms with E-state index in [9.17, 15) is 4.79 Å². The maximum Gasteiger partial charge on any atom is 0.319 e. The minimum atomic E-state index is -0.516. The molecule has 3 N–H and O–H groups in total. The van der Waals surface area contributed by atoms with Gasteiger partial charge in [0.15, 0.2) is 0 Å². The van der Waals surface area contributed by atoms with Gasteiger partial charge in [-0.2, -0.15) is 0 Å². The van der Waals surface area contributed by atoms with Crippen LogP contribution in [0.3, 0.4) is 0 Å². The number of nitrogens with one attached hydrogen (secondary N) is 3. The number of fused-ring (bicyclic) bond motifs is 1. The molecule has 3 aromatic rings. The highest BCUT2D eigenvalue weighted by molar-refractivity contribution is 7.11. The van der Waals surface area contributed by atoms with Gasteiger partial charge in [-0.25, -0.2) is 9.78 Å². The third-order valence-corrected chi connectivity index (χ3v) is 4.83. The number of nitrogens with zero attached hydrogens (tertiary/aromatic N) is 1. The first-order valence-corrected chi connectivity index (χ1v) is 8.26. The van der Waals surface area contributed by atoms with Gasteiger partial charge >= 0.3 is 6.03 Å². The second kappa shape index (κ2) is 5.70. The van der Waals surface area contributed by atoms with Crippen molar-refractivity contribution in [3.05, 3.63) is 46.0 Å². The molecule has 0 saturated heterocycles. The fourth-order valence-corrected chi connectivity index (χ4v) is 3.32. The number of benzene rings is 1. The van der Waals surface area contributed by atoms with Crippen LogP contribution in [0.5, 0.6) is 0 Å². The molecule has 5 nitrogen and oxygen atoms in total. The van der Waals surface area contributed by atoms with E-state index < -0.39 is 5.54 Å². The summed E-state index contributed by atoms with van der Waals surface area (Å²) in [5, 5.41) is 7.84. The molecule has 0 unspecified atom stereocenters. The summed E-state index contributed by atoms with van der Waals surface area (Å²) in [6.07, 6.45) is 1.82. The minimum Gasteiger partial charge on any atom is -0.359 e. The second-order valence-corrected chi connectivity index (χ2v) is 7.47. The molecule has 2 aromatic heterocycles. The molecule has 1 aromatic carbocycles. The zero-order valence-electron chi connectivity index (χ0n) is 13.7. The molecule has 0 aliphatic carbocycles. The molecule has 0 radical (unpaired) electrons. The summed E-state index contributed by atoms with van der Waals surface area (Å²) >= 11 is 1.59. The number of rotatable bonds is 3. The molecular weight excluding hydrogens is 308 g/mol. The topological polar surface area (TPSA) is 69.8 Å². The molecule has 6 heteroatoms. The summed E-state index contributed by atoms with van der Waals surface area (Å²) < 4.78 is 0. The van der Waals surface area contributed by atoms with Crippen LogP contribution in [0.15, 0.2) is 30.5 Å². The lowest BCUT2D eigenvalue weighted by Gasteiger charge is -2.24. The van der Waals surface area contributed by atoms with Crippen LogP contribution in [0.1, 0.15) is 29.4 Å². The second-order valence-electron chi connectivity index (χ2n) is 6.23. The molecule has 0 bridgehead atoms. The van der Waals surface area contributed by atoms with Crippen molar-refractivity contribution in [1.82, 2.24) is 15.3 Å². The first-order chi connectivity index (χ1) is 10.8. The molecular formula is C17H20N4OS. The molecule has 0 atom stereocenters. The van der Waals surface area contributed by atoms with E-state index >= 15 is 0 Å². The highest BCUT2D eigenvalue weighted by Gasteiger charge is 2.26. The van der Waals surface area contributed by atoms with Crippen molar-refractivity contribution in [1.29, 1.82) is 0 Å². The third-order valence-electron chi connectivity index (χ3n) is 3.60. The van der Waals surface area contributed by atoms with E-state index in [2.05, 4.69) is 26.7 Å². The molecule has 0 fully saturated rings. The van der Waals surface area contributed by atoms with Crippen LogP contribution in [-0.2, 0) is 5.54 Å². The van der Waals surface area contributed by atoms with Crippen molar-refractivity contribution in [2.75, 3.05) is 5.32 Å². The molecule has 0 aliphatic heterocycles. The van der Waals surface area contributed by atoms with Crippen LogP contribution in [-0.4, -0.2) is 16.0 Å². The zero-order chi connectivity index (χ0) is 16.6. The Morgan fingerprint density at radius 3 is 2.74 bits per heavy atom. The average molecular weight is 328 g/mol. The summed E-state index contributed by atoms with van der Waals surface area (Å²) in [4.78, 5) is 21.1. The van der Waals surface area contributed by atoms with Gasteiger partial charge in [-0.05, 0) is 52.0 Å². The van der Waals surface area contributed by atoms with Crippen LogP contribution < -0.4 is 10.6 Å². The predicted octanol–water partition coefficient (Wildman–Crippen LogP) is 4.30. The normalized spacial score (nSPS) is 11.7. The smallest absolute Gasteiger partial charge is 0.319 e. The van der Waals surface area contributed by atoms with Gasteiger partial charge in [0.05, 0.1) is 5.54 Å². The summed E-state index contributed by atoms with van der Waals surface area (Å²) in [5.41, 5.74) is 2.41. The molecule has 0 spiro atoms. The Bertz CT molecular complexity index is 862. The van der Waals surface area contributed by atoms with Crippen LogP contribution >= 0.6 is 11.3 Å². The summed E-state index contributed by atoms with van der Waals surface area (Å²) in [5.74, 6) is 0. The predicted molar refractivity (Wildman–Crippen MR) is 95.1 cm³/mol. The molecule has 2 amide bonds. The first-order valence-electron chi connectivity index (χ1n) is 7.45. The van der Waals surface area contributed by atoms with Crippen LogP contribution in [0.4, 0.5) is 10.5 Å². The Hall–Kier alpha value is -2.34. The van der Waals surface area contributed by atoms with Crippen molar-refractivity contribution in [3.63, 3.8) is 0 Å². The minimum absolute atomic E-state index is 0.241. The van der Waals surface area contributed by atoms with Crippen LogP contribution in [0.2, 0.25) is 0 Å². The monoisotopic (exact) mass is 328 g/mol. The zero-order valence-corrected chi connectivity index (χ0v) is 14.5. The van der Waals surface area contributed by atoms with Gasteiger partial charge in [0.25, 0.3) is 0 Å². The van der Waals surface area contributed by atoms with E-state index in [0.717, 1.165) is 32.2 Å². The molecule has 23 heavy (non-hydrogen) atoms. The van der Waals surface area contributed by atoms with Crippen molar-refractivity contribution < 1.29 is 4.79 Å². The van der Waals surface area contributed by atoms with E-state index in [1.165, 1.54) is 0 Å². The molecule has 3 rings (SSSR count). The average Bonchev–Trinajstić information content (AvgIpc) is 3.02. The lowest BCUT2D eigenvalue weighted by Crippen LogP contribution is -2.43. The number of H-pyrrole nitrogens is 1. The molecule has 0 aliphatic rings. The van der Waals surface area contributed by atoms with Crippen molar-refractivity contribution in [2.24, 2.45) is 0 Å². The third kappa shape index (κ3) is 3.37. The fourth-order valence-electron chi connectivity index (χ4n) is 2.50. The van der Waals surface area contributed by atoms with Crippen molar-refractivity contribution >= 4 is 34.0 Å². The van der Waals surface area contributed by atoms with Crippen molar-refractivity contribution in [3.8, 4) is 0 Å². The fraction of sp³-hybridized carbons (Fsp3) is 0.294. The number of urea groups is 1. The molecule has 2 heterocycles. The number of aromatic amines is 1. The summed E-state index contributed by atoms with van der Waals surface area (Å²) in [6, 6.07) is 7.63. The number of anilines is 1. The summed E-state index contributed by atoms with van der Waals surface area (Å²) in [7, 11) is 0. The van der Waals surface area contributed by atoms with E-state index in [0.29, 0.717) is 0 Å². The van der Waals surface area contributed by atoms with Gasteiger partial charge in [-0.3, -0.25) is 0 Å². The Morgan fingerprint density at radius 2 is 2.04 bits per heavy atom.